The molecule has 0 aromatic heterocycles. The van der Waals surface area contributed by atoms with Crippen LogP contribution >= 0.6 is 0 Å². The summed E-state index contributed by atoms with van der Waals surface area (Å²) in [5, 5.41) is 2.81. The van der Waals surface area contributed by atoms with E-state index >= 15 is 0 Å². The van der Waals surface area contributed by atoms with Gasteiger partial charge in [-0.1, -0.05) is 12.2 Å². The quantitative estimate of drug-likeness (QED) is 0.657. The second-order valence-electron chi connectivity index (χ2n) is 6.72. The number of fused-ring (bicyclic) bond motifs is 1. The van der Waals surface area contributed by atoms with Crippen molar-refractivity contribution in [3.8, 4) is 0 Å². The number of nitrogens with one attached hydrogen (secondary N) is 1. The summed E-state index contributed by atoms with van der Waals surface area (Å²) in [5.74, 6) is -0.950. The van der Waals surface area contributed by atoms with Crippen molar-refractivity contribution < 1.29 is 14.4 Å². The minimum Gasteiger partial charge on any atom is -0.378 e. The van der Waals surface area contributed by atoms with Crippen LogP contribution in [0.5, 0.6) is 0 Å². The SMILES string of the molecule is CN(C)c1ccc(NC(=O)CCN2C(=O)[C@@H]3CC=CC[C@H]3C2=O)cc1. The van der Waals surface area contributed by atoms with Crippen LogP contribution in [0.1, 0.15) is 19.3 Å². The van der Waals surface area contributed by atoms with E-state index in [0.29, 0.717) is 18.5 Å². The number of hydrogen-bond acceptors (Lipinski definition) is 4. The van der Waals surface area contributed by atoms with Gasteiger partial charge in [-0.15, -0.1) is 0 Å². The molecule has 6 heteroatoms. The Hall–Kier alpha value is -2.63. The molecule has 6 nitrogen and oxygen atoms in total. The van der Waals surface area contributed by atoms with Crippen molar-refractivity contribution in [1.29, 1.82) is 0 Å². The number of hydrogen-bond donors (Lipinski definition) is 1. The highest BCUT2D eigenvalue weighted by Gasteiger charge is 2.46. The number of benzene rings is 1. The number of likely N-dealkylation sites (tertiary alicyclic amines) is 1. The summed E-state index contributed by atoms with van der Waals surface area (Å²) in [6.07, 6.45) is 5.27. The molecule has 0 spiro atoms. The maximum atomic E-state index is 12.4. The number of imide groups is 1. The lowest BCUT2D eigenvalue weighted by Crippen LogP contribution is -2.34. The minimum absolute atomic E-state index is 0.111. The molecule has 1 fully saturated rings. The fourth-order valence-electron chi connectivity index (χ4n) is 3.37. The van der Waals surface area contributed by atoms with Gasteiger partial charge in [-0.2, -0.15) is 0 Å². The summed E-state index contributed by atoms with van der Waals surface area (Å²) in [5.41, 5.74) is 1.75. The number of nitrogens with zero attached hydrogens (tertiary/aromatic N) is 2. The number of rotatable bonds is 5. The summed E-state index contributed by atoms with van der Waals surface area (Å²) in [6.45, 7) is 0.145. The van der Waals surface area contributed by atoms with E-state index in [4.69, 9.17) is 0 Å². The zero-order valence-electron chi connectivity index (χ0n) is 14.6. The lowest BCUT2D eigenvalue weighted by Gasteiger charge is -2.15. The molecule has 3 amide bonds. The van der Waals surface area contributed by atoms with Gasteiger partial charge < -0.3 is 10.2 Å². The highest BCUT2D eigenvalue weighted by atomic mass is 16.2. The molecule has 1 heterocycles. The van der Waals surface area contributed by atoms with Crippen molar-refractivity contribution in [2.24, 2.45) is 11.8 Å². The molecule has 1 N–H and O–H groups in total. The lowest BCUT2D eigenvalue weighted by molar-refractivity contribution is -0.140. The molecule has 1 aliphatic carbocycles. The van der Waals surface area contributed by atoms with Gasteiger partial charge in [0.2, 0.25) is 17.7 Å². The molecule has 2 aliphatic rings. The molecule has 0 radical (unpaired) electrons. The Bertz CT molecular complexity index is 683. The van der Waals surface area contributed by atoms with Crippen LogP contribution in [0.2, 0.25) is 0 Å². The number of anilines is 2. The first-order valence-corrected chi connectivity index (χ1v) is 8.55. The van der Waals surface area contributed by atoms with Gasteiger partial charge in [0.05, 0.1) is 11.8 Å². The third kappa shape index (κ3) is 3.57. The largest absolute Gasteiger partial charge is 0.378 e. The van der Waals surface area contributed by atoms with Gasteiger partial charge in [0.15, 0.2) is 0 Å². The molecule has 0 saturated carbocycles. The molecule has 25 heavy (non-hydrogen) atoms. The van der Waals surface area contributed by atoms with Gasteiger partial charge in [0, 0.05) is 38.4 Å². The summed E-state index contributed by atoms with van der Waals surface area (Å²) >= 11 is 0. The van der Waals surface area contributed by atoms with Gasteiger partial charge in [-0.05, 0) is 37.1 Å². The van der Waals surface area contributed by atoms with Crippen molar-refractivity contribution in [3.05, 3.63) is 36.4 Å². The third-order valence-corrected chi connectivity index (χ3v) is 4.83. The standard InChI is InChI=1S/C19H23N3O3/c1-21(2)14-9-7-13(8-10-14)20-17(23)11-12-22-18(24)15-5-3-4-6-16(15)19(22)25/h3-4,7-10,15-16H,5-6,11-12H2,1-2H3,(H,20,23)/t15-,16-/m1/s1. The Morgan fingerprint density at radius 2 is 1.64 bits per heavy atom. The molecular formula is C19H23N3O3. The molecule has 1 aliphatic heterocycles. The molecule has 132 valence electrons. The molecule has 3 rings (SSSR count). The average molecular weight is 341 g/mol. The first kappa shape index (κ1) is 17.2. The van der Waals surface area contributed by atoms with Crippen molar-refractivity contribution in [1.82, 2.24) is 4.90 Å². The Morgan fingerprint density at radius 3 is 2.16 bits per heavy atom. The Kier molecular flexibility index (Phi) is 4.88. The molecule has 2 atom stereocenters. The maximum absolute atomic E-state index is 12.4. The molecular weight excluding hydrogens is 318 g/mol. The lowest BCUT2D eigenvalue weighted by atomic mass is 9.85. The summed E-state index contributed by atoms with van der Waals surface area (Å²) < 4.78 is 0. The molecule has 1 aromatic rings. The van der Waals surface area contributed by atoms with Crippen molar-refractivity contribution in [2.75, 3.05) is 30.9 Å². The van der Waals surface area contributed by atoms with E-state index in [9.17, 15) is 14.4 Å². The van der Waals surface area contributed by atoms with Gasteiger partial charge in [0.1, 0.15) is 0 Å². The van der Waals surface area contributed by atoms with Crippen molar-refractivity contribution >= 4 is 29.1 Å². The zero-order valence-corrected chi connectivity index (χ0v) is 14.6. The van der Waals surface area contributed by atoms with Gasteiger partial charge in [-0.3, -0.25) is 19.3 Å². The topological polar surface area (TPSA) is 69.7 Å². The average Bonchev–Trinajstić information content (AvgIpc) is 2.85. The van der Waals surface area contributed by atoms with Gasteiger partial charge in [0.25, 0.3) is 0 Å². The molecule has 1 saturated heterocycles. The van der Waals surface area contributed by atoms with Crippen LogP contribution in [0.25, 0.3) is 0 Å². The normalized spacial score (nSPS) is 22.1. The van der Waals surface area contributed by atoms with Crippen LogP contribution < -0.4 is 10.2 Å². The van der Waals surface area contributed by atoms with Crippen LogP contribution in [0.15, 0.2) is 36.4 Å². The fourth-order valence-corrected chi connectivity index (χ4v) is 3.37. The van der Waals surface area contributed by atoms with E-state index in [1.807, 2.05) is 55.4 Å². The van der Waals surface area contributed by atoms with Gasteiger partial charge in [-0.25, -0.2) is 0 Å². The molecule has 0 bridgehead atoms. The number of allylic oxidation sites excluding steroid dienone is 2. The van der Waals surface area contributed by atoms with Crippen LogP contribution in [0.3, 0.4) is 0 Å². The number of carbonyl (C=O) groups is 3. The van der Waals surface area contributed by atoms with E-state index in [1.165, 1.54) is 4.90 Å². The maximum Gasteiger partial charge on any atom is 0.233 e. The van der Waals surface area contributed by atoms with Crippen LogP contribution in [0.4, 0.5) is 11.4 Å². The Balaban J connectivity index is 1.54. The highest BCUT2D eigenvalue weighted by Crippen LogP contribution is 2.35. The minimum atomic E-state index is -0.237. The second kappa shape index (κ2) is 7.09. The van der Waals surface area contributed by atoms with Crippen LogP contribution in [-0.2, 0) is 14.4 Å². The third-order valence-electron chi connectivity index (χ3n) is 4.83. The number of amides is 3. The summed E-state index contributed by atoms with van der Waals surface area (Å²) in [4.78, 5) is 40.1. The Morgan fingerprint density at radius 1 is 1.08 bits per heavy atom. The smallest absolute Gasteiger partial charge is 0.233 e. The van der Waals surface area contributed by atoms with Crippen LogP contribution in [-0.4, -0.2) is 43.3 Å². The van der Waals surface area contributed by atoms with E-state index < -0.39 is 0 Å². The van der Waals surface area contributed by atoms with E-state index in [-0.39, 0.29) is 42.5 Å². The summed E-state index contributed by atoms with van der Waals surface area (Å²) in [6, 6.07) is 7.50. The Labute approximate surface area is 147 Å². The monoisotopic (exact) mass is 341 g/mol. The number of carbonyl (C=O) groups excluding carboxylic acids is 3. The first-order valence-electron chi connectivity index (χ1n) is 8.55. The molecule has 1 aromatic carbocycles. The van der Waals surface area contributed by atoms with Crippen molar-refractivity contribution in [3.63, 3.8) is 0 Å². The fraction of sp³-hybridized carbons (Fsp3) is 0.421. The predicted octanol–water partition coefficient (Wildman–Crippen LogP) is 2.03. The van der Waals surface area contributed by atoms with Crippen molar-refractivity contribution in [2.45, 2.75) is 19.3 Å². The predicted molar refractivity (Wildman–Crippen MR) is 96.1 cm³/mol. The zero-order chi connectivity index (χ0) is 18.0. The van der Waals surface area contributed by atoms with E-state index in [0.717, 1.165) is 5.69 Å². The van der Waals surface area contributed by atoms with Gasteiger partial charge >= 0.3 is 0 Å². The van der Waals surface area contributed by atoms with E-state index in [1.54, 1.807) is 0 Å². The first-order chi connectivity index (χ1) is 12.0. The second-order valence-corrected chi connectivity index (χ2v) is 6.72. The van der Waals surface area contributed by atoms with Crippen LogP contribution in [0, 0.1) is 11.8 Å². The molecule has 0 unspecified atom stereocenters. The summed E-state index contributed by atoms with van der Waals surface area (Å²) in [7, 11) is 3.90. The van der Waals surface area contributed by atoms with E-state index in [2.05, 4.69) is 5.32 Å². The highest BCUT2D eigenvalue weighted by molar-refractivity contribution is 6.05.